The van der Waals surface area contributed by atoms with E-state index < -0.39 is 11.7 Å². The highest BCUT2D eigenvalue weighted by molar-refractivity contribution is 7.17. The van der Waals surface area contributed by atoms with E-state index in [9.17, 15) is 18.0 Å². The molecule has 8 heteroatoms. The molecule has 1 amide bonds. The molecule has 1 aliphatic rings. The zero-order chi connectivity index (χ0) is 19.6. The fourth-order valence-corrected chi connectivity index (χ4v) is 4.41. The van der Waals surface area contributed by atoms with Crippen LogP contribution in [0.3, 0.4) is 0 Å². The van der Waals surface area contributed by atoms with Crippen molar-refractivity contribution in [3.8, 4) is 10.6 Å². The van der Waals surface area contributed by atoms with Crippen LogP contribution in [0.2, 0.25) is 0 Å². The molecular weight excluding hydrogens is 375 g/mol. The van der Waals surface area contributed by atoms with E-state index >= 15 is 0 Å². The molecule has 1 aliphatic heterocycles. The Labute approximate surface area is 160 Å². The number of likely N-dealkylation sites (tertiary alicyclic amines) is 1. The zero-order valence-electron chi connectivity index (χ0n) is 15.3. The molecule has 0 spiro atoms. The van der Waals surface area contributed by atoms with Crippen LogP contribution in [0.25, 0.3) is 10.6 Å². The number of amides is 1. The Bertz CT molecular complexity index is 800. The standard InChI is InChI=1S/C19H22F3N3OS/c1-12-16(18(26)25-9-3-4-13(11-25)10-23-2)27-17(24-12)14-5-7-15(8-6-14)19(20,21)22/h5-8,13,23H,3-4,9-11H2,1-2H3/t13-/m1/s1. The van der Waals surface area contributed by atoms with Crippen LogP contribution in [0.5, 0.6) is 0 Å². The molecule has 1 fully saturated rings. The van der Waals surface area contributed by atoms with Crippen LogP contribution >= 0.6 is 11.3 Å². The molecular formula is C19H22F3N3OS. The van der Waals surface area contributed by atoms with Crippen molar-refractivity contribution in [2.45, 2.75) is 25.9 Å². The zero-order valence-corrected chi connectivity index (χ0v) is 16.1. The molecule has 146 valence electrons. The summed E-state index contributed by atoms with van der Waals surface area (Å²) in [4.78, 5) is 19.8. The number of carbonyl (C=O) groups excluding carboxylic acids is 1. The second-order valence-corrected chi connectivity index (χ2v) is 7.82. The van der Waals surface area contributed by atoms with Gasteiger partial charge in [-0.25, -0.2) is 4.98 Å². The van der Waals surface area contributed by atoms with E-state index in [1.165, 1.54) is 23.5 Å². The number of thiazole rings is 1. The number of aromatic nitrogens is 1. The Hall–Kier alpha value is -1.93. The summed E-state index contributed by atoms with van der Waals surface area (Å²) in [6, 6.07) is 4.89. The van der Waals surface area contributed by atoms with Crippen LogP contribution in [-0.4, -0.2) is 42.5 Å². The fourth-order valence-electron chi connectivity index (χ4n) is 3.37. The van der Waals surface area contributed by atoms with E-state index in [1.807, 2.05) is 11.9 Å². The minimum absolute atomic E-state index is 0.0380. The van der Waals surface area contributed by atoms with Gasteiger partial charge in [0.25, 0.3) is 5.91 Å². The number of benzene rings is 1. The molecule has 2 aromatic rings. The molecule has 1 N–H and O–H groups in total. The Balaban J connectivity index is 1.79. The first-order chi connectivity index (χ1) is 12.8. The van der Waals surface area contributed by atoms with Crippen molar-refractivity contribution in [2.75, 3.05) is 26.7 Å². The fraction of sp³-hybridized carbons (Fsp3) is 0.474. The molecule has 1 aromatic carbocycles. The third-order valence-corrected chi connectivity index (χ3v) is 5.94. The Morgan fingerprint density at radius 3 is 2.67 bits per heavy atom. The van der Waals surface area contributed by atoms with Gasteiger partial charge in [0.2, 0.25) is 0 Å². The summed E-state index contributed by atoms with van der Waals surface area (Å²) in [7, 11) is 1.91. The topological polar surface area (TPSA) is 45.2 Å². The summed E-state index contributed by atoms with van der Waals surface area (Å²) in [5.74, 6) is 0.402. The van der Waals surface area contributed by atoms with Crippen LogP contribution in [-0.2, 0) is 6.18 Å². The Morgan fingerprint density at radius 2 is 2.04 bits per heavy atom. The molecule has 3 rings (SSSR count). The number of nitrogens with one attached hydrogen (secondary N) is 1. The average molecular weight is 397 g/mol. The summed E-state index contributed by atoms with van der Waals surface area (Å²) < 4.78 is 38.2. The maximum Gasteiger partial charge on any atom is 0.416 e. The van der Waals surface area contributed by atoms with Crippen molar-refractivity contribution in [1.29, 1.82) is 0 Å². The van der Waals surface area contributed by atoms with E-state index in [0.717, 1.165) is 38.1 Å². The van der Waals surface area contributed by atoms with Crippen molar-refractivity contribution in [1.82, 2.24) is 15.2 Å². The Morgan fingerprint density at radius 1 is 1.33 bits per heavy atom. The van der Waals surface area contributed by atoms with Gasteiger partial charge >= 0.3 is 6.18 Å². The van der Waals surface area contributed by atoms with Crippen LogP contribution in [0.4, 0.5) is 13.2 Å². The smallest absolute Gasteiger partial charge is 0.338 e. The van der Waals surface area contributed by atoms with E-state index in [4.69, 9.17) is 0 Å². The van der Waals surface area contributed by atoms with Crippen LogP contribution in [0, 0.1) is 12.8 Å². The van der Waals surface area contributed by atoms with Crippen molar-refractivity contribution in [3.05, 3.63) is 40.4 Å². The lowest BCUT2D eigenvalue weighted by Gasteiger charge is -2.32. The molecule has 0 saturated carbocycles. The van der Waals surface area contributed by atoms with Crippen molar-refractivity contribution < 1.29 is 18.0 Å². The largest absolute Gasteiger partial charge is 0.416 e. The lowest BCUT2D eigenvalue weighted by atomic mass is 9.98. The van der Waals surface area contributed by atoms with E-state index in [0.29, 0.717) is 33.6 Å². The molecule has 4 nitrogen and oxygen atoms in total. The lowest BCUT2D eigenvalue weighted by Crippen LogP contribution is -2.42. The summed E-state index contributed by atoms with van der Waals surface area (Å²) in [6.45, 7) is 4.09. The van der Waals surface area contributed by atoms with Crippen LogP contribution in [0.1, 0.15) is 33.8 Å². The second kappa shape index (κ2) is 7.98. The van der Waals surface area contributed by atoms with Gasteiger partial charge in [0, 0.05) is 18.7 Å². The highest BCUT2D eigenvalue weighted by Crippen LogP contribution is 2.33. The van der Waals surface area contributed by atoms with Gasteiger partial charge < -0.3 is 10.2 Å². The third-order valence-electron chi connectivity index (χ3n) is 4.75. The number of aryl methyl sites for hydroxylation is 1. The highest BCUT2D eigenvalue weighted by atomic mass is 32.1. The number of piperidine rings is 1. The number of rotatable bonds is 4. The molecule has 0 bridgehead atoms. The number of halogens is 3. The number of carbonyl (C=O) groups is 1. The van der Waals surface area contributed by atoms with Crippen LogP contribution < -0.4 is 5.32 Å². The molecule has 2 heterocycles. The predicted molar refractivity (Wildman–Crippen MR) is 99.8 cm³/mol. The van der Waals surface area contributed by atoms with Crippen molar-refractivity contribution >= 4 is 17.2 Å². The average Bonchev–Trinajstić information content (AvgIpc) is 3.03. The third kappa shape index (κ3) is 4.50. The first kappa shape index (κ1) is 19.8. The van der Waals surface area contributed by atoms with E-state index in [1.54, 1.807) is 6.92 Å². The van der Waals surface area contributed by atoms with Crippen molar-refractivity contribution in [2.24, 2.45) is 5.92 Å². The molecule has 0 radical (unpaired) electrons. The SMILES string of the molecule is CNC[C@H]1CCCN(C(=O)c2sc(-c3ccc(C(F)(F)F)cc3)nc2C)C1. The number of hydrogen-bond donors (Lipinski definition) is 1. The van der Waals surface area contributed by atoms with Gasteiger partial charge in [-0.15, -0.1) is 11.3 Å². The van der Waals surface area contributed by atoms with E-state index in [-0.39, 0.29) is 5.91 Å². The summed E-state index contributed by atoms with van der Waals surface area (Å²) >= 11 is 1.24. The molecule has 1 saturated heterocycles. The molecule has 0 unspecified atom stereocenters. The van der Waals surface area contributed by atoms with Gasteiger partial charge in [-0.05, 0) is 51.4 Å². The molecule has 27 heavy (non-hydrogen) atoms. The summed E-state index contributed by atoms with van der Waals surface area (Å²) in [5.41, 5.74) is 0.511. The maximum absolute atomic E-state index is 12.9. The normalized spacial score (nSPS) is 18.0. The van der Waals surface area contributed by atoms with Gasteiger partial charge in [-0.3, -0.25) is 4.79 Å². The molecule has 1 atom stereocenters. The molecule has 0 aliphatic carbocycles. The van der Waals surface area contributed by atoms with Crippen LogP contribution in [0.15, 0.2) is 24.3 Å². The number of alkyl halides is 3. The minimum Gasteiger partial charge on any atom is -0.338 e. The van der Waals surface area contributed by atoms with Gasteiger partial charge in [-0.2, -0.15) is 13.2 Å². The van der Waals surface area contributed by atoms with Gasteiger partial charge in [0.15, 0.2) is 0 Å². The molecule has 1 aromatic heterocycles. The maximum atomic E-state index is 12.9. The monoisotopic (exact) mass is 397 g/mol. The van der Waals surface area contributed by atoms with Crippen molar-refractivity contribution in [3.63, 3.8) is 0 Å². The van der Waals surface area contributed by atoms with Gasteiger partial charge in [0.05, 0.1) is 11.3 Å². The highest BCUT2D eigenvalue weighted by Gasteiger charge is 2.30. The summed E-state index contributed by atoms with van der Waals surface area (Å²) in [6.07, 6.45) is -2.29. The predicted octanol–water partition coefficient (Wildman–Crippen LogP) is 4.21. The number of hydrogen-bond acceptors (Lipinski definition) is 4. The minimum atomic E-state index is -4.36. The second-order valence-electron chi connectivity index (χ2n) is 6.83. The first-order valence-electron chi connectivity index (χ1n) is 8.88. The van der Waals surface area contributed by atoms with Gasteiger partial charge in [0.1, 0.15) is 9.88 Å². The van der Waals surface area contributed by atoms with E-state index in [2.05, 4.69) is 10.3 Å². The van der Waals surface area contributed by atoms with Gasteiger partial charge in [-0.1, -0.05) is 12.1 Å². The Kier molecular flexibility index (Phi) is 5.86. The number of nitrogens with zero attached hydrogens (tertiary/aromatic N) is 2. The quantitative estimate of drug-likeness (QED) is 0.841. The lowest BCUT2D eigenvalue weighted by molar-refractivity contribution is -0.137. The first-order valence-corrected chi connectivity index (χ1v) is 9.70. The summed E-state index contributed by atoms with van der Waals surface area (Å²) in [5, 5.41) is 3.72.